The van der Waals surface area contributed by atoms with Crippen molar-refractivity contribution in [2.24, 2.45) is 0 Å². The van der Waals surface area contributed by atoms with Gasteiger partial charge in [-0.1, -0.05) is 44.5 Å². The topological polar surface area (TPSA) is 47.0 Å². The molecular formula is C16H20ClN3O. The summed E-state index contributed by atoms with van der Waals surface area (Å²) in [5, 5.41) is 3.72. The van der Waals surface area contributed by atoms with Crippen LogP contribution in [0.2, 0.25) is 5.15 Å². The van der Waals surface area contributed by atoms with Crippen molar-refractivity contribution in [1.29, 1.82) is 0 Å². The fraction of sp³-hybridized carbons (Fsp3) is 0.375. The molecular weight excluding hydrogens is 286 g/mol. The molecule has 112 valence electrons. The van der Waals surface area contributed by atoms with Crippen molar-refractivity contribution in [3.05, 3.63) is 46.9 Å². The van der Waals surface area contributed by atoms with Crippen LogP contribution in [0, 0.1) is 0 Å². The molecule has 0 saturated heterocycles. The van der Waals surface area contributed by atoms with E-state index in [4.69, 9.17) is 16.3 Å². The SMILES string of the molecule is COc1cccc(CNc2cc(Cl)nc(C(C)(C)C)n2)c1. The number of benzene rings is 1. The van der Waals surface area contributed by atoms with E-state index in [1.54, 1.807) is 13.2 Å². The maximum Gasteiger partial charge on any atom is 0.137 e. The summed E-state index contributed by atoms with van der Waals surface area (Å²) in [6, 6.07) is 9.63. The van der Waals surface area contributed by atoms with E-state index in [-0.39, 0.29) is 5.41 Å². The molecule has 1 aromatic carbocycles. The van der Waals surface area contributed by atoms with E-state index < -0.39 is 0 Å². The van der Waals surface area contributed by atoms with Gasteiger partial charge in [0.1, 0.15) is 22.5 Å². The summed E-state index contributed by atoms with van der Waals surface area (Å²) < 4.78 is 5.22. The molecule has 5 heteroatoms. The molecule has 0 aliphatic carbocycles. The summed E-state index contributed by atoms with van der Waals surface area (Å²) in [5.74, 6) is 2.29. The first-order chi connectivity index (χ1) is 9.88. The maximum absolute atomic E-state index is 6.07. The van der Waals surface area contributed by atoms with Gasteiger partial charge in [0.15, 0.2) is 0 Å². The molecule has 0 aliphatic heterocycles. The third-order valence-corrected chi connectivity index (χ3v) is 3.17. The first-order valence-electron chi connectivity index (χ1n) is 6.80. The lowest BCUT2D eigenvalue weighted by Gasteiger charge is -2.18. The van der Waals surface area contributed by atoms with E-state index >= 15 is 0 Å². The maximum atomic E-state index is 6.07. The van der Waals surface area contributed by atoms with Gasteiger partial charge in [-0.05, 0) is 17.7 Å². The molecule has 0 spiro atoms. The number of nitrogens with zero attached hydrogens (tertiary/aromatic N) is 2. The molecule has 2 rings (SSSR count). The van der Waals surface area contributed by atoms with Crippen LogP contribution in [0.4, 0.5) is 5.82 Å². The van der Waals surface area contributed by atoms with Crippen LogP contribution in [0.3, 0.4) is 0 Å². The van der Waals surface area contributed by atoms with E-state index in [9.17, 15) is 0 Å². The molecule has 0 fully saturated rings. The molecule has 21 heavy (non-hydrogen) atoms. The highest BCUT2D eigenvalue weighted by Crippen LogP contribution is 2.22. The van der Waals surface area contributed by atoms with E-state index in [1.807, 2.05) is 24.3 Å². The van der Waals surface area contributed by atoms with Gasteiger partial charge in [-0.2, -0.15) is 0 Å². The zero-order valence-electron chi connectivity index (χ0n) is 12.8. The average Bonchev–Trinajstić information content (AvgIpc) is 2.44. The Kier molecular flexibility index (Phi) is 4.68. The minimum atomic E-state index is -0.142. The largest absolute Gasteiger partial charge is 0.497 e. The van der Waals surface area contributed by atoms with Crippen LogP contribution in [0.1, 0.15) is 32.2 Å². The van der Waals surface area contributed by atoms with Crippen molar-refractivity contribution in [3.8, 4) is 5.75 Å². The van der Waals surface area contributed by atoms with Crippen LogP contribution < -0.4 is 10.1 Å². The number of rotatable bonds is 4. The predicted octanol–water partition coefficient (Wildman–Crippen LogP) is 4.05. The summed E-state index contributed by atoms with van der Waals surface area (Å²) in [5.41, 5.74) is 0.971. The summed E-state index contributed by atoms with van der Waals surface area (Å²) >= 11 is 6.07. The Morgan fingerprint density at radius 3 is 2.62 bits per heavy atom. The van der Waals surface area contributed by atoms with E-state index in [1.165, 1.54) is 0 Å². The molecule has 0 amide bonds. The van der Waals surface area contributed by atoms with E-state index in [0.717, 1.165) is 23.0 Å². The van der Waals surface area contributed by atoms with Crippen LogP contribution in [0.5, 0.6) is 5.75 Å². The van der Waals surface area contributed by atoms with Crippen LogP contribution in [0.25, 0.3) is 0 Å². The first kappa shape index (κ1) is 15.6. The third-order valence-electron chi connectivity index (χ3n) is 2.97. The number of hydrogen-bond acceptors (Lipinski definition) is 4. The normalized spacial score (nSPS) is 11.3. The fourth-order valence-corrected chi connectivity index (χ4v) is 2.00. The number of halogens is 1. The quantitative estimate of drug-likeness (QED) is 0.866. The minimum absolute atomic E-state index is 0.142. The molecule has 0 unspecified atom stereocenters. The molecule has 4 nitrogen and oxygen atoms in total. The van der Waals surface area contributed by atoms with Crippen molar-refractivity contribution in [3.63, 3.8) is 0 Å². The van der Waals surface area contributed by atoms with Crippen LogP contribution >= 0.6 is 11.6 Å². The molecule has 0 saturated carbocycles. The zero-order valence-corrected chi connectivity index (χ0v) is 13.5. The number of aromatic nitrogens is 2. The molecule has 1 N–H and O–H groups in total. The van der Waals surface area contributed by atoms with Gasteiger partial charge in [0.05, 0.1) is 7.11 Å². The highest BCUT2D eigenvalue weighted by Gasteiger charge is 2.18. The summed E-state index contributed by atoms with van der Waals surface area (Å²) in [6.07, 6.45) is 0. The van der Waals surface area contributed by atoms with Crippen LogP contribution in [-0.2, 0) is 12.0 Å². The monoisotopic (exact) mass is 305 g/mol. The van der Waals surface area contributed by atoms with Crippen molar-refractivity contribution in [2.75, 3.05) is 12.4 Å². The lowest BCUT2D eigenvalue weighted by molar-refractivity contribution is 0.414. The van der Waals surface area contributed by atoms with Crippen molar-refractivity contribution in [1.82, 2.24) is 9.97 Å². The van der Waals surface area contributed by atoms with Gasteiger partial charge >= 0.3 is 0 Å². The van der Waals surface area contributed by atoms with Gasteiger partial charge in [0.2, 0.25) is 0 Å². The average molecular weight is 306 g/mol. The number of hydrogen-bond donors (Lipinski definition) is 1. The standard InChI is InChI=1S/C16H20ClN3O/c1-16(2,3)15-19-13(17)9-14(20-15)18-10-11-6-5-7-12(8-11)21-4/h5-9H,10H2,1-4H3,(H,18,19,20). The zero-order chi connectivity index (χ0) is 15.5. The van der Waals surface area contributed by atoms with Crippen molar-refractivity contribution in [2.45, 2.75) is 32.7 Å². The smallest absolute Gasteiger partial charge is 0.137 e. The Hall–Kier alpha value is -1.81. The highest BCUT2D eigenvalue weighted by atomic mass is 35.5. The molecule has 0 bridgehead atoms. The Morgan fingerprint density at radius 2 is 1.95 bits per heavy atom. The molecule has 0 atom stereocenters. The second kappa shape index (κ2) is 6.31. The van der Waals surface area contributed by atoms with Crippen LogP contribution in [-0.4, -0.2) is 17.1 Å². The van der Waals surface area contributed by atoms with Gasteiger partial charge < -0.3 is 10.1 Å². The second-order valence-electron chi connectivity index (χ2n) is 5.85. The van der Waals surface area contributed by atoms with Gasteiger partial charge in [-0.25, -0.2) is 9.97 Å². The van der Waals surface area contributed by atoms with Crippen molar-refractivity contribution < 1.29 is 4.74 Å². The van der Waals surface area contributed by atoms with E-state index in [2.05, 4.69) is 36.1 Å². The van der Waals surface area contributed by atoms with Crippen molar-refractivity contribution >= 4 is 17.4 Å². The van der Waals surface area contributed by atoms with Gasteiger partial charge in [0.25, 0.3) is 0 Å². The van der Waals surface area contributed by atoms with Gasteiger partial charge in [0, 0.05) is 18.0 Å². The Bertz CT molecular complexity index is 623. The third kappa shape index (κ3) is 4.33. The van der Waals surface area contributed by atoms with Crippen LogP contribution in [0.15, 0.2) is 30.3 Å². The predicted molar refractivity (Wildman–Crippen MR) is 86.1 cm³/mol. The first-order valence-corrected chi connectivity index (χ1v) is 7.18. The summed E-state index contributed by atoms with van der Waals surface area (Å²) in [6.45, 7) is 6.83. The van der Waals surface area contributed by atoms with Gasteiger partial charge in [-0.3, -0.25) is 0 Å². The fourth-order valence-electron chi connectivity index (χ4n) is 1.82. The Labute approximate surface area is 130 Å². The molecule has 0 radical (unpaired) electrons. The lowest BCUT2D eigenvalue weighted by Crippen LogP contribution is -2.17. The van der Waals surface area contributed by atoms with E-state index in [0.29, 0.717) is 11.7 Å². The minimum Gasteiger partial charge on any atom is -0.497 e. The molecule has 1 aromatic heterocycles. The number of nitrogens with one attached hydrogen (secondary N) is 1. The molecule has 1 heterocycles. The van der Waals surface area contributed by atoms with Gasteiger partial charge in [-0.15, -0.1) is 0 Å². The molecule has 2 aromatic rings. The molecule has 0 aliphatic rings. The number of methoxy groups -OCH3 is 1. The number of ether oxygens (including phenoxy) is 1. The summed E-state index contributed by atoms with van der Waals surface area (Å²) in [7, 11) is 1.66. The number of anilines is 1. The lowest BCUT2D eigenvalue weighted by atomic mass is 9.96. The highest BCUT2D eigenvalue weighted by molar-refractivity contribution is 6.29. The Morgan fingerprint density at radius 1 is 1.19 bits per heavy atom. The Balaban J connectivity index is 2.14. The second-order valence-corrected chi connectivity index (χ2v) is 6.24. The summed E-state index contributed by atoms with van der Waals surface area (Å²) in [4.78, 5) is 8.81.